The van der Waals surface area contributed by atoms with Crippen molar-refractivity contribution in [3.8, 4) is 0 Å². The van der Waals surface area contributed by atoms with Crippen LogP contribution in [-0.4, -0.2) is 47.9 Å². The van der Waals surface area contributed by atoms with Gasteiger partial charge in [0.2, 0.25) is 0 Å². The first-order chi connectivity index (χ1) is 14.9. The summed E-state index contributed by atoms with van der Waals surface area (Å²) in [6, 6.07) is 12.3. The maximum Gasteiger partial charge on any atom is 0.255 e. The maximum atomic E-state index is 14.6. The van der Waals surface area contributed by atoms with Crippen LogP contribution in [0.1, 0.15) is 34.8 Å². The number of rotatable bonds is 5. The number of thioether (sulfide) groups is 1. The fraction of sp³-hybridized carbons (Fsp3) is 0.391. The van der Waals surface area contributed by atoms with Gasteiger partial charge in [0.05, 0.1) is 5.54 Å². The summed E-state index contributed by atoms with van der Waals surface area (Å²) in [5, 5.41) is 6.69. The molecule has 1 fully saturated rings. The van der Waals surface area contributed by atoms with Gasteiger partial charge in [0, 0.05) is 55.3 Å². The second-order valence-corrected chi connectivity index (χ2v) is 9.31. The molecule has 0 aliphatic carbocycles. The lowest BCUT2D eigenvalue weighted by Gasteiger charge is -2.30. The van der Waals surface area contributed by atoms with Crippen LogP contribution in [0.4, 0.5) is 10.1 Å². The molecule has 2 aromatic rings. The molecule has 2 aliphatic heterocycles. The van der Waals surface area contributed by atoms with Crippen LogP contribution in [0.3, 0.4) is 0 Å². The average Bonchev–Trinajstić information content (AvgIpc) is 2.76. The molecule has 4 rings (SSSR count). The minimum absolute atomic E-state index is 0.223. The van der Waals surface area contributed by atoms with Gasteiger partial charge >= 0.3 is 0 Å². The minimum atomic E-state index is -0.730. The Hall–Kier alpha value is -2.42. The lowest BCUT2D eigenvalue weighted by atomic mass is 9.89. The number of anilines is 1. The molecular formula is C23H28FN5OS. The van der Waals surface area contributed by atoms with Crippen molar-refractivity contribution in [2.45, 2.75) is 25.4 Å². The number of nitrogens with one attached hydrogen (secondary N) is 2. The third-order valence-corrected chi connectivity index (χ3v) is 6.63. The zero-order chi connectivity index (χ0) is 21.8. The van der Waals surface area contributed by atoms with Crippen molar-refractivity contribution in [1.82, 2.24) is 10.2 Å². The highest BCUT2D eigenvalue weighted by atomic mass is 32.2. The van der Waals surface area contributed by atoms with E-state index in [1.807, 2.05) is 31.2 Å². The molecule has 0 bridgehead atoms. The van der Waals surface area contributed by atoms with Crippen LogP contribution in [0.5, 0.6) is 0 Å². The quantitative estimate of drug-likeness (QED) is 0.664. The number of hydrogen-bond acceptors (Lipinski definition) is 6. The third-order valence-electron chi connectivity index (χ3n) is 5.83. The molecule has 0 aromatic heterocycles. The second-order valence-electron chi connectivity index (χ2n) is 8.19. The lowest BCUT2D eigenvalue weighted by Crippen LogP contribution is -2.42. The highest BCUT2D eigenvalue weighted by Crippen LogP contribution is 2.37. The molecule has 2 heterocycles. The van der Waals surface area contributed by atoms with E-state index >= 15 is 0 Å². The molecule has 164 valence electrons. The molecule has 31 heavy (non-hydrogen) atoms. The molecule has 1 amide bonds. The number of piperazine rings is 1. The summed E-state index contributed by atoms with van der Waals surface area (Å²) in [6.45, 7) is 6.84. The van der Waals surface area contributed by atoms with E-state index < -0.39 is 5.54 Å². The molecule has 1 unspecified atom stereocenters. The number of carbonyl (C=O) groups excluding carboxylic acids is 1. The van der Waals surface area contributed by atoms with E-state index in [0.717, 1.165) is 38.5 Å². The third kappa shape index (κ3) is 5.26. The van der Waals surface area contributed by atoms with Crippen molar-refractivity contribution < 1.29 is 9.18 Å². The number of amides is 1. The smallest absolute Gasteiger partial charge is 0.255 e. The summed E-state index contributed by atoms with van der Waals surface area (Å²) in [6.07, 6.45) is 0.682. The SMILES string of the molecule is CC1(c2cc(NC(=O)c3ccc(CN4CCNCC4)cc3)ccc2F)CCSC(N)=N1. The Labute approximate surface area is 186 Å². The summed E-state index contributed by atoms with van der Waals surface area (Å²) in [5.74, 6) is 0.210. The predicted octanol–water partition coefficient (Wildman–Crippen LogP) is 3.15. The fourth-order valence-corrected chi connectivity index (χ4v) is 4.96. The van der Waals surface area contributed by atoms with Crippen molar-refractivity contribution in [3.63, 3.8) is 0 Å². The van der Waals surface area contributed by atoms with Crippen molar-refractivity contribution in [3.05, 3.63) is 65.0 Å². The number of carbonyl (C=O) groups is 1. The Morgan fingerprint density at radius 2 is 2.00 bits per heavy atom. The topological polar surface area (TPSA) is 82.8 Å². The fourth-order valence-electron chi connectivity index (χ4n) is 3.99. The van der Waals surface area contributed by atoms with Gasteiger partial charge in [-0.1, -0.05) is 23.9 Å². The number of hydrogen-bond donors (Lipinski definition) is 3. The first kappa shape index (κ1) is 21.8. The number of nitrogens with two attached hydrogens (primary N) is 1. The van der Waals surface area contributed by atoms with Crippen molar-refractivity contribution in [2.24, 2.45) is 10.7 Å². The van der Waals surface area contributed by atoms with E-state index in [9.17, 15) is 9.18 Å². The van der Waals surface area contributed by atoms with Gasteiger partial charge < -0.3 is 16.4 Å². The minimum Gasteiger partial charge on any atom is -0.379 e. The monoisotopic (exact) mass is 441 g/mol. The van der Waals surface area contributed by atoms with Gasteiger partial charge in [0.1, 0.15) is 5.82 Å². The Balaban J connectivity index is 1.45. The van der Waals surface area contributed by atoms with Crippen LogP contribution in [0.2, 0.25) is 0 Å². The van der Waals surface area contributed by atoms with Crippen molar-refractivity contribution in [1.29, 1.82) is 0 Å². The van der Waals surface area contributed by atoms with Crippen LogP contribution in [-0.2, 0) is 12.1 Å². The second kappa shape index (κ2) is 9.38. The highest BCUT2D eigenvalue weighted by Gasteiger charge is 2.32. The van der Waals surface area contributed by atoms with E-state index in [1.165, 1.54) is 23.4 Å². The maximum absolute atomic E-state index is 14.6. The molecule has 0 radical (unpaired) electrons. The van der Waals surface area contributed by atoms with E-state index in [4.69, 9.17) is 5.73 Å². The summed E-state index contributed by atoms with van der Waals surface area (Å²) < 4.78 is 14.6. The molecule has 6 nitrogen and oxygen atoms in total. The van der Waals surface area contributed by atoms with Gasteiger partial charge in [-0.15, -0.1) is 0 Å². The average molecular weight is 442 g/mol. The van der Waals surface area contributed by atoms with Crippen LogP contribution in [0, 0.1) is 5.82 Å². The zero-order valence-electron chi connectivity index (χ0n) is 17.7. The highest BCUT2D eigenvalue weighted by molar-refractivity contribution is 8.13. The van der Waals surface area contributed by atoms with Crippen molar-refractivity contribution >= 4 is 28.5 Å². The van der Waals surface area contributed by atoms with Crippen LogP contribution >= 0.6 is 11.8 Å². The van der Waals surface area contributed by atoms with Gasteiger partial charge in [0.15, 0.2) is 5.17 Å². The van der Waals surface area contributed by atoms with E-state index in [2.05, 4.69) is 20.5 Å². The molecular weight excluding hydrogens is 413 g/mol. The number of benzene rings is 2. The Bertz CT molecular complexity index is 974. The van der Waals surface area contributed by atoms with Gasteiger partial charge in [0.25, 0.3) is 5.91 Å². The molecule has 1 atom stereocenters. The summed E-state index contributed by atoms with van der Waals surface area (Å²) in [4.78, 5) is 19.6. The van der Waals surface area contributed by atoms with Gasteiger partial charge in [-0.05, 0) is 49.2 Å². The first-order valence-corrected chi connectivity index (χ1v) is 11.5. The summed E-state index contributed by atoms with van der Waals surface area (Å²) in [7, 11) is 0. The molecule has 2 aromatic carbocycles. The van der Waals surface area contributed by atoms with E-state index in [1.54, 1.807) is 12.1 Å². The number of amidine groups is 1. The molecule has 0 saturated carbocycles. The summed E-state index contributed by atoms with van der Waals surface area (Å²) in [5.41, 5.74) is 7.88. The van der Waals surface area contributed by atoms with Gasteiger partial charge in [-0.3, -0.25) is 14.7 Å². The zero-order valence-corrected chi connectivity index (χ0v) is 18.5. The van der Waals surface area contributed by atoms with E-state index in [0.29, 0.717) is 28.4 Å². The van der Waals surface area contributed by atoms with E-state index in [-0.39, 0.29) is 11.7 Å². The first-order valence-electron chi connectivity index (χ1n) is 10.5. The molecule has 4 N–H and O–H groups in total. The molecule has 2 aliphatic rings. The Kier molecular flexibility index (Phi) is 6.60. The predicted molar refractivity (Wildman–Crippen MR) is 125 cm³/mol. The summed E-state index contributed by atoms with van der Waals surface area (Å²) >= 11 is 1.47. The number of nitrogens with zero attached hydrogens (tertiary/aromatic N) is 2. The Morgan fingerprint density at radius 3 is 2.71 bits per heavy atom. The van der Waals surface area contributed by atoms with Crippen LogP contribution in [0.25, 0.3) is 0 Å². The van der Waals surface area contributed by atoms with Crippen molar-refractivity contribution in [2.75, 3.05) is 37.2 Å². The van der Waals surface area contributed by atoms with Gasteiger partial charge in [-0.2, -0.15) is 0 Å². The molecule has 0 spiro atoms. The molecule has 1 saturated heterocycles. The largest absolute Gasteiger partial charge is 0.379 e. The Morgan fingerprint density at radius 1 is 1.26 bits per heavy atom. The number of halogens is 1. The molecule has 8 heteroatoms. The van der Waals surface area contributed by atoms with Crippen LogP contribution in [0.15, 0.2) is 47.5 Å². The van der Waals surface area contributed by atoms with Crippen LogP contribution < -0.4 is 16.4 Å². The standard InChI is InChI=1S/C23H28FN5OS/c1-23(8-13-31-22(25)28-23)19-14-18(6-7-20(19)24)27-21(30)17-4-2-16(3-5-17)15-29-11-9-26-10-12-29/h2-7,14,26H,8-13,15H2,1H3,(H2,25,28)(H,27,30). The van der Waals surface area contributed by atoms with Gasteiger partial charge in [-0.25, -0.2) is 4.39 Å². The lowest BCUT2D eigenvalue weighted by molar-refractivity contribution is 0.102. The normalized spacial score (nSPS) is 22.1. The number of aliphatic imine (C=N–C) groups is 1.